The van der Waals surface area contributed by atoms with Crippen LogP contribution in [0.15, 0.2) is 126 Å². The first-order chi connectivity index (χ1) is 30.9. The van der Waals surface area contributed by atoms with Crippen molar-refractivity contribution in [1.82, 2.24) is 9.55 Å². The fourth-order valence-electron chi connectivity index (χ4n) is 10.9. The molecule has 6 heteroatoms. The third-order valence-corrected chi connectivity index (χ3v) is 16.0. The Balaban J connectivity index is 1.23. The number of anilines is 2. The second-order valence-electron chi connectivity index (χ2n) is 22.2. The molecule has 1 N–H and O–H groups in total. The molecule has 10 aromatic rings. The third-order valence-electron chi connectivity index (χ3n) is 14.8. The molecule has 0 atom stereocenters. The van der Waals surface area contributed by atoms with Crippen LogP contribution in [0.1, 0.15) is 104 Å². The number of aromatic nitrogens is 2. The first kappa shape index (κ1) is 40.4. The summed E-state index contributed by atoms with van der Waals surface area (Å²) >= 11 is 1.94. The largest absolute Gasteiger partial charge is 0.436 e. The Morgan fingerprint density at radius 1 is 0.692 bits per heavy atom. The van der Waals surface area contributed by atoms with Crippen molar-refractivity contribution in [3.05, 3.63) is 144 Å². The molecule has 4 heterocycles. The summed E-state index contributed by atoms with van der Waals surface area (Å²) in [6.07, 6.45) is 2.28. The van der Waals surface area contributed by atoms with Crippen molar-refractivity contribution in [3.63, 3.8) is 0 Å². The van der Waals surface area contributed by atoms with Crippen LogP contribution in [-0.4, -0.2) is 16.8 Å². The van der Waals surface area contributed by atoms with Gasteiger partial charge >= 0.3 is 0 Å². The highest BCUT2D eigenvalue weighted by molar-refractivity contribution is 7.27. The Bertz CT molecular complexity index is 3610. The highest BCUT2D eigenvalue weighted by atomic mass is 32.1. The Labute approximate surface area is 387 Å². The molecule has 4 nitrogen and oxygen atoms in total. The number of hydrogen-bond donors (Lipinski definition) is 1. The molecule has 2 aliphatic rings. The maximum Gasteiger partial charge on any atom is 0.227 e. The number of nitrogens with one attached hydrogen (secondary N) is 1. The third kappa shape index (κ3) is 6.19. The van der Waals surface area contributed by atoms with Crippen LogP contribution < -0.4 is 16.2 Å². The lowest BCUT2D eigenvalue weighted by Crippen LogP contribution is -2.37. The smallest absolute Gasteiger partial charge is 0.227 e. The number of nitrogens with zero attached hydrogens (tertiary/aromatic N) is 2. The molecule has 1 aliphatic carbocycles. The van der Waals surface area contributed by atoms with Crippen molar-refractivity contribution in [2.75, 3.05) is 5.32 Å². The predicted molar refractivity (Wildman–Crippen MR) is 280 cm³/mol. The maximum absolute atomic E-state index is 6.60. The summed E-state index contributed by atoms with van der Waals surface area (Å²) in [5.41, 5.74) is 18.9. The zero-order valence-corrected chi connectivity index (χ0v) is 40.1. The first-order valence-electron chi connectivity index (χ1n) is 23.3. The van der Waals surface area contributed by atoms with Crippen molar-refractivity contribution < 1.29 is 4.42 Å². The van der Waals surface area contributed by atoms with Gasteiger partial charge in [-0.05, 0) is 128 Å². The van der Waals surface area contributed by atoms with Crippen molar-refractivity contribution in [3.8, 4) is 28.3 Å². The van der Waals surface area contributed by atoms with Crippen LogP contribution in [0.25, 0.3) is 81.3 Å². The molecule has 0 fully saturated rings. The topological polar surface area (TPSA) is 43.0 Å². The van der Waals surface area contributed by atoms with Crippen molar-refractivity contribution in [2.45, 2.75) is 104 Å². The van der Waals surface area contributed by atoms with Gasteiger partial charge in [0.05, 0.1) is 11.0 Å². The van der Waals surface area contributed by atoms with Crippen LogP contribution in [0.4, 0.5) is 11.4 Å². The van der Waals surface area contributed by atoms with Gasteiger partial charge in [0.25, 0.3) is 0 Å². The van der Waals surface area contributed by atoms with E-state index in [2.05, 4.69) is 190 Å². The standard InChI is InChI=1S/C59H55BN3OS/c1-56(2,3)34-20-23-36(24-21-34)61-43-30-41-40(58(7,8)26-27-59(41,9)10)29-38(43)49-50-37-18-14-15-19-48(37)65-54(50)51-39-28-35(57(4,5)6)22-25-45(39)63-46-32-47-44(31-42(46)60-52(49)53(51)63)62-55(64-47)33-16-12-11-13-17-33/h11-25,28-32,61H,26-27H2,1-10H3. The molecule has 1 radical (unpaired) electrons. The number of fused-ring (bicyclic) bond motifs is 11. The number of hydrogen-bond acceptors (Lipinski definition) is 4. The van der Waals surface area contributed by atoms with Crippen LogP contribution in [-0.2, 0) is 21.7 Å². The van der Waals surface area contributed by atoms with Gasteiger partial charge in [-0.15, -0.1) is 11.3 Å². The molecule has 0 amide bonds. The first-order valence-corrected chi connectivity index (χ1v) is 24.1. The van der Waals surface area contributed by atoms with Crippen molar-refractivity contribution >= 4 is 94.0 Å². The monoisotopic (exact) mass is 864 g/mol. The number of thiophene rings is 1. The van der Waals surface area contributed by atoms with E-state index in [1.165, 1.54) is 80.8 Å². The zero-order valence-electron chi connectivity index (χ0n) is 39.2. The average Bonchev–Trinajstić information content (AvgIpc) is 3.97. The number of oxazole rings is 1. The lowest BCUT2D eigenvalue weighted by Gasteiger charge is -2.42. The van der Waals surface area contributed by atoms with Crippen molar-refractivity contribution in [1.29, 1.82) is 0 Å². The highest BCUT2D eigenvalue weighted by Crippen LogP contribution is 2.53. The maximum atomic E-state index is 6.60. The van der Waals surface area contributed by atoms with E-state index in [0.29, 0.717) is 5.89 Å². The second-order valence-corrected chi connectivity index (χ2v) is 23.3. The molecule has 0 saturated carbocycles. The summed E-state index contributed by atoms with van der Waals surface area (Å²) in [5, 5.41) is 9.29. The molecule has 65 heavy (non-hydrogen) atoms. The minimum Gasteiger partial charge on any atom is -0.436 e. The highest BCUT2D eigenvalue weighted by Gasteiger charge is 2.39. The van der Waals surface area contributed by atoms with Crippen LogP contribution in [0.3, 0.4) is 0 Å². The van der Waals surface area contributed by atoms with E-state index >= 15 is 0 Å². The normalized spacial score (nSPS) is 15.5. The van der Waals surface area contributed by atoms with E-state index < -0.39 is 0 Å². The molecule has 3 aromatic heterocycles. The van der Waals surface area contributed by atoms with Crippen LogP contribution in [0.2, 0.25) is 0 Å². The number of rotatable bonds is 4. The minimum atomic E-state index is -0.0237. The molecular weight excluding hydrogens is 810 g/mol. The molecule has 321 valence electrons. The van der Waals surface area contributed by atoms with Gasteiger partial charge in [0, 0.05) is 65.2 Å². The van der Waals surface area contributed by atoms with Gasteiger partial charge in [-0.3, -0.25) is 0 Å². The molecular formula is C59H55BN3OS. The Kier molecular flexibility index (Phi) is 8.53. The molecule has 1 aliphatic heterocycles. The fourth-order valence-corrected chi connectivity index (χ4v) is 12.2. The number of benzene rings is 7. The Hall–Kier alpha value is -6.11. The summed E-state index contributed by atoms with van der Waals surface area (Å²) in [5.74, 6) is 0.635. The van der Waals surface area contributed by atoms with Gasteiger partial charge in [-0.1, -0.05) is 129 Å². The summed E-state index contributed by atoms with van der Waals surface area (Å²) in [6, 6.07) is 45.2. The van der Waals surface area contributed by atoms with Gasteiger partial charge in [0.15, 0.2) is 12.9 Å². The SMILES string of the molecule is CC(C)(C)c1ccc(Nc2cc3c(cc2-c2c4c5c(c6cc(C(C)(C)C)ccc6n5-c5cc6oc(-c7ccccc7)nc6cc5[B]4)c4sc5ccccc5c24)C(C)(C)CCC3(C)C)cc1. The summed E-state index contributed by atoms with van der Waals surface area (Å²) in [7, 11) is 2.47. The zero-order chi connectivity index (χ0) is 44.9. The fraction of sp³-hybridized carbons (Fsp3) is 0.271. The summed E-state index contributed by atoms with van der Waals surface area (Å²) < 4.78 is 11.8. The minimum absolute atomic E-state index is 0.00718. The van der Waals surface area contributed by atoms with Gasteiger partial charge in [0.2, 0.25) is 5.89 Å². The quantitative estimate of drug-likeness (QED) is 0.179. The lowest BCUT2D eigenvalue weighted by molar-refractivity contribution is 0.332. The van der Waals surface area contributed by atoms with E-state index in [0.717, 1.165) is 52.0 Å². The summed E-state index contributed by atoms with van der Waals surface area (Å²) in [6.45, 7) is 23.6. The van der Waals surface area contributed by atoms with E-state index in [-0.39, 0.29) is 21.7 Å². The van der Waals surface area contributed by atoms with E-state index in [1.807, 2.05) is 29.5 Å². The Morgan fingerprint density at radius 3 is 2.09 bits per heavy atom. The van der Waals surface area contributed by atoms with Gasteiger partial charge < -0.3 is 14.3 Å². The van der Waals surface area contributed by atoms with E-state index in [1.54, 1.807) is 0 Å². The Morgan fingerprint density at radius 2 is 1.37 bits per heavy atom. The predicted octanol–water partition coefficient (Wildman–Crippen LogP) is 15.3. The van der Waals surface area contributed by atoms with Crippen LogP contribution in [0, 0.1) is 0 Å². The second kappa shape index (κ2) is 13.7. The van der Waals surface area contributed by atoms with Gasteiger partial charge in [-0.2, -0.15) is 0 Å². The van der Waals surface area contributed by atoms with E-state index in [4.69, 9.17) is 9.40 Å². The molecule has 0 saturated heterocycles. The molecule has 12 rings (SSSR count). The van der Waals surface area contributed by atoms with Crippen LogP contribution >= 0.6 is 11.3 Å². The van der Waals surface area contributed by atoms with Crippen LogP contribution in [0.5, 0.6) is 0 Å². The average molecular weight is 865 g/mol. The summed E-state index contributed by atoms with van der Waals surface area (Å²) in [4.78, 5) is 5.10. The molecule has 7 aromatic carbocycles. The van der Waals surface area contributed by atoms with E-state index in [9.17, 15) is 0 Å². The molecule has 0 unspecified atom stereocenters. The van der Waals surface area contributed by atoms with Gasteiger partial charge in [-0.25, -0.2) is 4.98 Å². The lowest BCUT2D eigenvalue weighted by atomic mass is 9.58. The van der Waals surface area contributed by atoms with Crippen molar-refractivity contribution in [2.24, 2.45) is 0 Å². The molecule has 0 spiro atoms. The molecule has 0 bridgehead atoms. The van der Waals surface area contributed by atoms with Gasteiger partial charge in [0.1, 0.15) is 5.52 Å².